The van der Waals surface area contributed by atoms with E-state index in [0.717, 1.165) is 33.0 Å². The molecule has 3 rings (SSSR count). The molecule has 21 heavy (non-hydrogen) atoms. The molecule has 1 aliphatic rings. The van der Waals surface area contributed by atoms with Gasteiger partial charge in [0.15, 0.2) is 0 Å². The highest BCUT2D eigenvalue weighted by atomic mass is 79.9. The maximum Gasteiger partial charge on any atom is 0.0812 e. The third kappa shape index (κ3) is 2.73. The van der Waals surface area contributed by atoms with Crippen molar-refractivity contribution in [2.24, 2.45) is 5.41 Å². The van der Waals surface area contributed by atoms with Gasteiger partial charge in [0.2, 0.25) is 0 Å². The molecule has 0 fully saturated rings. The van der Waals surface area contributed by atoms with E-state index in [1.54, 1.807) is 0 Å². The van der Waals surface area contributed by atoms with Crippen molar-refractivity contribution in [3.05, 3.63) is 50.2 Å². The molecule has 4 heteroatoms. The van der Waals surface area contributed by atoms with Gasteiger partial charge in [-0.15, -0.1) is 0 Å². The molecular weight excluding hydrogens is 394 g/mol. The Balaban J connectivity index is 2.19. The number of hydrogen-bond acceptors (Lipinski definition) is 1. The molecule has 0 spiro atoms. The molecular formula is C17H19Br2NO. The molecule has 0 amide bonds. The van der Waals surface area contributed by atoms with Gasteiger partial charge in [0, 0.05) is 26.4 Å². The molecule has 1 unspecified atom stereocenters. The molecule has 2 nitrogen and oxygen atoms in total. The number of aliphatic hydroxyl groups excluding tert-OH is 1. The van der Waals surface area contributed by atoms with Crippen LogP contribution >= 0.6 is 31.9 Å². The van der Waals surface area contributed by atoms with Gasteiger partial charge in [0.05, 0.1) is 11.8 Å². The van der Waals surface area contributed by atoms with Crippen LogP contribution in [0.2, 0.25) is 0 Å². The molecule has 1 aromatic heterocycles. The van der Waals surface area contributed by atoms with Gasteiger partial charge in [-0.1, -0.05) is 13.8 Å². The Kier molecular flexibility index (Phi) is 3.83. The van der Waals surface area contributed by atoms with E-state index in [4.69, 9.17) is 0 Å². The molecule has 0 bridgehead atoms. The van der Waals surface area contributed by atoms with E-state index in [-0.39, 0.29) is 11.5 Å². The highest BCUT2D eigenvalue weighted by molar-refractivity contribution is 9.11. The normalized spacial score (nSPS) is 20.4. The number of aryl methyl sites for hydroxylation is 1. The van der Waals surface area contributed by atoms with Crippen molar-refractivity contribution < 1.29 is 5.11 Å². The van der Waals surface area contributed by atoms with E-state index < -0.39 is 0 Å². The van der Waals surface area contributed by atoms with Crippen LogP contribution in [0.3, 0.4) is 0 Å². The average molecular weight is 413 g/mol. The van der Waals surface area contributed by atoms with E-state index in [1.165, 1.54) is 11.3 Å². The summed E-state index contributed by atoms with van der Waals surface area (Å²) in [5.41, 5.74) is 4.70. The maximum absolute atomic E-state index is 10.4. The van der Waals surface area contributed by atoms with E-state index >= 15 is 0 Å². The lowest BCUT2D eigenvalue weighted by Crippen LogP contribution is -2.26. The summed E-state index contributed by atoms with van der Waals surface area (Å²) in [5.74, 6) is 0. The average Bonchev–Trinajstić information content (AvgIpc) is 2.70. The van der Waals surface area contributed by atoms with Gasteiger partial charge in [0.25, 0.3) is 0 Å². The Morgan fingerprint density at radius 2 is 1.86 bits per heavy atom. The third-order valence-electron chi connectivity index (χ3n) is 4.18. The molecule has 1 atom stereocenters. The topological polar surface area (TPSA) is 25.2 Å². The predicted octanol–water partition coefficient (Wildman–Crippen LogP) is 5.32. The Hall–Kier alpha value is -0.580. The van der Waals surface area contributed by atoms with Crippen LogP contribution in [0.1, 0.15) is 43.2 Å². The summed E-state index contributed by atoms with van der Waals surface area (Å²) >= 11 is 7.36. The second-order valence-corrected chi connectivity index (χ2v) is 8.43. The lowest BCUT2D eigenvalue weighted by atomic mass is 9.75. The van der Waals surface area contributed by atoms with Crippen LogP contribution in [-0.4, -0.2) is 9.67 Å². The van der Waals surface area contributed by atoms with Gasteiger partial charge < -0.3 is 9.67 Å². The monoisotopic (exact) mass is 411 g/mol. The SMILES string of the molecule is Cc1cc(Br)c(-n2ccc3c2CC(C)(C)CC3O)c(Br)c1. The summed E-state index contributed by atoms with van der Waals surface area (Å²) in [6, 6.07) is 6.29. The number of fused-ring (bicyclic) bond motifs is 1. The van der Waals surface area contributed by atoms with E-state index in [9.17, 15) is 5.11 Å². The number of halogens is 2. The van der Waals surface area contributed by atoms with Crippen LogP contribution in [0.5, 0.6) is 0 Å². The smallest absolute Gasteiger partial charge is 0.0812 e. The molecule has 1 heterocycles. The van der Waals surface area contributed by atoms with Crippen molar-refractivity contribution in [3.63, 3.8) is 0 Å². The fourth-order valence-corrected chi connectivity index (χ4v) is 5.06. The van der Waals surface area contributed by atoms with Crippen LogP contribution < -0.4 is 0 Å². The molecule has 1 aromatic carbocycles. The van der Waals surface area contributed by atoms with Crippen LogP contribution in [0.25, 0.3) is 5.69 Å². The minimum absolute atomic E-state index is 0.117. The summed E-state index contributed by atoms with van der Waals surface area (Å²) in [4.78, 5) is 0. The standard InChI is InChI=1S/C17H19Br2NO/c1-10-6-12(18)16(13(19)7-10)20-5-4-11-14(20)8-17(2,3)9-15(11)21/h4-7,15,21H,8-9H2,1-3H3. The first-order valence-electron chi connectivity index (χ1n) is 7.13. The second kappa shape index (κ2) is 5.25. The first kappa shape index (κ1) is 15.3. The van der Waals surface area contributed by atoms with Gasteiger partial charge in [-0.25, -0.2) is 0 Å². The van der Waals surface area contributed by atoms with E-state index in [0.29, 0.717) is 0 Å². The van der Waals surface area contributed by atoms with Crippen molar-refractivity contribution in [1.82, 2.24) is 4.57 Å². The molecule has 0 aliphatic heterocycles. The van der Waals surface area contributed by atoms with Gasteiger partial charge in [-0.2, -0.15) is 0 Å². The van der Waals surface area contributed by atoms with Crippen LogP contribution in [-0.2, 0) is 6.42 Å². The molecule has 0 radical (unpaired) electrons. The highest BCUT2D eigenvalue weighted by Gasteiger charge is 2.33. The third-order valence-corrected chi connectivity index (χ3v) is 5.39. The number of rotatable bonds is 1. The summed E-state index contributed by atoms with van der Waals surface area (Å²) in [6.07, 6.45) is 3.49. The molecule has 0 saturated heterocycles. The van der Waals surface area contributed by atoms with Crippen LogP contribution in [0.4, 0.5) is 0 Å². The molecule has 1 N–H and O–H groups in total. The van der Waals surface area contributed by atoms with Gasteiger partial charge in [-0.05, 0) is 80.8 Å². The van der Waals surface area contributed by atoms with Crippen LogP contribution in [0, 0.1) is 12.3 Å². The fraction of sp³-hybridized carbons (Fsp3) is 0.412. The summed E-state index contributed by atoms with van der Waals surface area (Å²) in [5, 5.41) is 10.4. The first-order valence-corrected chi connectivity index (χ1v) is 8.71. The van der Waals surface area contributed by atoms with E-state index in [1.807, 2.05) is 6.07 Å². The highest BCUT2D eigenvalue weighted by Crippen LogP contribution is 2.43. The second-order valence-electron chi connectivity index (χ2n) is 6.73. The molecule has 2 aromatic rings. The Bertz CT molecular complexity index is 680. The fourth-order valence-electron chi connectivity index (χ4n) is 3.26. The van der Waals surface area contributed by atoms with Crippen molar-refractivity contribution in [3.8, 4) is 5.69 Å². The Morgan fingerprint density at radius 1 is 1.24 bits per heavy atom. The predicted molar refractivity (Wildman–Crippen MR) is 93.0 cm³/mol. The van der Waals surface area contributed by atoms with E-state index in [2.05, 4.69) is 75.5 Å². The lowest BCUT2D eigenvalue weighted by Gasteiger charge is -2.34. The van der Waals surface area contributed by atoms with Gasteiger partial charge >= 0.3 is 0 Å². The number of benzene rings is 1. The Morgan fingerprint density at radius 3 is 2.48 bits per heavy atom. The van der Waals surface area contributed by atoms with Crippen molar-refractivity contribution in [2.45, 2.75) is 39.7 Å². The number of aliphatic hydroxyl groups is 1. The Labute approximate surface area is 142 Å². The van der Waals surface area contributed by atoms with Crippen molar-refractivity contribution in [1.29, 1.82) is 0 Å². The number of nitrogens with zero attached hydrogens (tertiary/aromatic N) is 1. The molecule has 1 aliphatic carbocycles. The first-order chi connectivity index (χ1) is 9.78. The quantitative estimate of drug-likeness (QED) is 0.673. The largest absolute Gasteiger partial charge is 0.388 e. The van der Waals surface area contributed by atoms with Crippen molar-refractivity contribution in [2.75, 3.05) is 0 Å². The van der Waals surface area contributed by atoms with Crippen LogP contribution in [0.15, 0.2) is 33.3 Å². The summed E-state index contributed by atoms with van der Waals surface area (Å²) in [6.45, 7) is 6.52. The van der Waals surface area contributed by atoms with Gasteiger partial charge in [0.1, 0.15) is 0 Å². The maximum atomic E-state index is 10.4. The lowest BCUT2D eigenvalue weighted by molar-refractivity contribution is 0.0987. The minimum atomic E-state index is -0.368. The molecule has 112 valence electrons. The zero-order chi connectivity index (χ0) is 15.4. The van der Waals surface area contributed by atoms with Gasteiger partial charge in [-0.3, -0.25) is 0 Å². The zero-order valence-corrected chi connectivity index (χ0v) is 15.6. The minimum Gasteiger partial charge on any atom is -0.388 e. The number of aromatic nitrogens is 1. The number of hydrogen-bond donors (Lipinski definition) is 1. The zero-order valence-electron chi connectivity index (χ0n) is 12.5. The summed E-state index contributed by atoms with van der Waals surface area (Å²) < 4.78 is 4.32. The molecule has 0 saturated carbocycles. The summed E-state index contributed by atoms with van der Waals surface area (Å²) in [7, 11) is 0. The van der Waals surface area contributed by atoms with Crippen molar-refractivity contribution >= 4 is 31.9 Å².